The lowest BCUT2D eigenvalue weighted by Crippen LogP contribution is -2.36. The second kappa shape index (κ2) is 7.54. The number of aromatic nitrogens is 2. The summed E-state index contributed by atoms with van der Waals surface area (Å²) in [4.78, 5) is 22.7. The predicted octanol–water partition coefficient (Wildman–Crippen LogP) is 4.83. The van der Waals surface area contributed by atoms with E-state index < -0.39 is 11.7 Å². The zero-order chi connectivity index (χ0) is 20.4. The van der Waals surface area contributed by atoms with E-state index in [9.17, 15) is 18.0 Å². The molecule has 0 radical (unpaired) electrons. The number of halogens is 3. The number of aryl methyl sites for hydroxylation is 1. The highest BCUT2D eigenvalue weighted by molar-refractivity contribution is 6.05. The second-order valence-electron chi connectivity index (χ2n) is 6.64. The maximum absolute atomic E-state index is 13.1. The summed E-state index contributed by atoms with van der Waals surface area (Å²) in [6.45, 7) is 0.580. The van der Waals surface area contributed by atoms with E-state index in [-0.39, 0.29) is 23.1 Å². The molecule has 29 heavy (non-hydrogen) atoms. The maximum atomic E-state index is 13.1. The van der Waals surface area contributed by atoms with Crippen molar-refractivity contribution >= 4 is 23.1 Å². The fourth-order valence-corrected chi connectivity index (χ4v) is 3.36. The average molecular weight is 398 g/mol. The van der Waals surface area contributed by atoms with Gasteiger partial charge in [0.1, 0.15) is 11.5 Å². The minimum Gasteiger partial charge on any atom is -0.338 e. The number of carbonyl (C=O) groups excluding carboxylic acids is 1. The Labute approximate surface area is 165 Å². The first kappa shape index (κ1) is 18.9. The molecule has 2 heterocycles. The van der Waals surface area contributed by atoms with Crippen molar-refractivity contribution in [2.24, 2.45) is 0 Å². The number of para-hydroxylation sites is 2. The van der Waals surface area contributed by atoms with E-state index in [1.807, 2.05) is 24.3 Å². The van der Waals surface area contributed by atoms with Gasteiger partial charge in [-0.1, -0.05) is 30.3 Å². The van der Waals surface area contributed by atoms with Gasteiger partial charge >= 0.3 is 6.18 Å². The van der Waals surface area contributed by atoms with Crippen molar-refractivity contribution in [3.05, 3.63) is 77.7 Å². The summed E-state index contributed by atoms with van der Waals surface area (Å²) < 4.78 is 39.4. The lowest BCUT2D eigenvalue weighted by atomic mass is 10.0. The first-order valence-electron chi connectivity index (χ1n) is 9.08. The van der Waals surface area contributed by atoms with Crippen molar-refractivity contribution in [1.82, 2.24) is 9.97 Å². The Morgan fingerprint density at radius 2 is 1.76 bits per heavy atom. The molecule has 1 aliphatic heterocycles. The van der Waals surface area contributed by atoms with Gasteiger partial charge in [-0.3, -0.25) is 4.79 Å². The zero-order valence-corrected chi connectivity index (χ0v) is 15.3. The van der Waals surface area contributed by atoms with Gasteiger partial charge in [0.2, 0.25) is 0 Å². The largest absolute Gasteiger partial charge is 0.418 e. The quantitative estimate of drug-likeness (QED) is 0.687. The van der Waals surface area contributed by atoms with Crippen LogP contribution < -0.4 is 10.2 Å². The molecule has 4 rings (SSSR count). The molecule has 0 atom stereocenters. The number of rotatable bonds is 3. The van der Waals surface area contributed by atoms with E-state index in [0.29, 0.717) is 6.54 Å². The number of carbonyl (C=O) groups is 1. The van der Waals surface area contributed by atoms with Gasteiger partial charge in [-0.15, -0.1) is 0 Å². The molecule has 148 valence electrons. The van der Waals surface area contributed by atoms with Crippen molar-refractivity contribution in [3.63, 3.8) is 0 Å². The van der Waals surface area contributed by atoms with Gasteiger partial charge in [0.25, 0.3) is 5.91 Å². The highest BCUT2D eigenvalue weighted by atomic mass is 19.4. The van der Waals surface area contributed by atoms with Gasteiger partial charge in [-0.05, 0) is 36.6 Å². The van der Waals surface area contributed by atoms with E-state index >= 15 is 0 Å². The predicted molar refractivity (Wildman–Crippen MR) is 103 cm³/mol. The monoisotopic (exact) mass is 398 g/mol. The molecule has 1 N–H and O–H groups in total. The Kier molecular flexibility index (Phi) is 4.92. The fraction of sp³-hybridized carbons (Fsp3) is 0.190. The van der Waals surface area contributed by atoms with Crippen molar-refractivity contribution in [1.29, 1.82) is 0 Å². The van der Waals surface area contributed by atoms with Crippen LogP contribution in [-0.2, 0) is 12.6 Å². The zero-order valence-electron chi connectivity index (χ0n) is 15.3. The van der Waals surface area contributed by atoms with Gasteiger partial charge in [0.15, 0.2) is 0 Å². The fourth-order valence-electron chi connectivity index (χ4n) is 3.36. The molecule has 0 bridgehead atoms. The summed E-state index contributed by atoms with van der Waals surface area (Å²) >= 11 is 0. The van der Waals surface area contributed by atoms with Crippen LogP contribution in [0.5, 0.6) is 0 Å². The number of alkyl halides is 3. The standard InChI is InChI=1S/C21H17F3N4O/c22-21(23,24)15-8-2-3-9-16(15)27-19-13-25-17(12-26-19)20(29)28-11-5-7-14-6-1-4-10-18(14)28/h1-4,6,8-10,12-13H,5,7,11H2,(H,26,27). The average Bonchev–Trinajstić information content (AvgIpc) is 2.73. The number of nitrogens with zero attached hydrogens (tertiary/aromatic N) is 3. The van der Waals surface area contributed by atoms with E-state index in [2.05, 4.69) is 15.3 Å². The minimum atomic E-state index is -4.49. The molecule has 0 unspecified atom stereocenters. The number of anilines is 3. The second-order valence-corrected chi connectivity index (χ2v) is 6.64. The SMILES string of the molecule is O=C(c1cnc(Nc2ccccc2C(F)(F)F)cn1)N1CCCc2ccccc21. The molecular formula is C21H17F3N4O. The van der Waals surface area contributed by atoms with Crippen LogP contribution in [0.3, 0.4) is 0 Å². The number of benzene rings is 2. The summed E-state index contributed by atoms with van der Waals surface area (Å²) in [5, 5.41) is 2.62. The topological polar surface area (TPSA) is 58.1 Å². The van der Waals surface area contributed by atoms with Crippen LogP contribution >= 0.6 is 0 Å². The van der Waals surface area contributed by atoms with Crippen LogP contribution in [0, 0.1) is 0 Å². The molecule has 8 heteroatoms. The van der Waals surface area contributed by atoms with Crippen molar-refractivity contribution in [3.8, 4) is 0 Å². The first-order valence-corrected chi connectivity index (χ1v) is 9.08. The molecule has 0 fully saturated rings. The van der Waals surface area contributed by atoms with E-state index in [1.165, 1.54) is 30.6 Å². The molecule has 0 spiro atoms. The lowest BCUT2D eigenvalue weighted by Gasteiger charge is -2.29. The third-order valence-electron chi connectivity index (χ3n) is 4.72. The van der Waals surface area contributed by atoms with Crippen LogP contribution in [0.2, 0.25) is 0 Å². The highest BCUT2D eigenvalue weighted by Crippen LogP contribution is 2.35. The summed E-state index contributed by atoms with van der Waals surface area (Å²) in [5.41, 5.74) is 1.16. The Balaban J connectivity index is 1.55. The summed E-state index contributed by atoms with van der Waals surface area (Å²) in [7, 11) is 0. The molecule has 2 aromatic carbocycles. The van der Waals surface area contributed by atoms with Crippen LogP contribution in [0.1, 0.15) is 28.0 Å². The molecule has 0 saturated carbocycles. The van der Waals surface area contributed by atoms with Crippen molar-refractivity contribution < 1.29 is 18.0 Å². The van der Waals surface area contributed by atoms with Gasteiger partial charge < -0.3 is 10.2 Å². The Morgan fingerprint density at radius 3 is 2.52 bits per heavy atom. The smallest absolute Gasteiger partial charge is 0.338 e. The molecule has 0 aliphatic carbocycles. The minimum absolute atomic E-state index is 0.122. The molecular weight excluding hydrogens is 381 g/mol. The molecule has 0 saturated heterocycles. The van der Waals surface area contributed by atoms with Crippen LogP contribution in [0.25, 0.3) is 0 Å². The van der Waals surface area contributed by atoms with E-state index in [0.717, 1.165) is 30.2 Å². The molecule has 1 aliphatic rings. The van der Waals surface area contributed by atoms with Gasteiger partial charge in [0, 0.05) is 12.2 Å². The molecule has 3 aromatic rings. The van der Waals surface area contributed by atoms with Gasteiger partial charge in [-0.2, -0.15) is 13.2 Å². The number of hydrogen-bond donors (Lipinski definition) is 1. The molecule has 1 aromatic heterocycles. The third-order valence-corrected chi connectivity index (χ3v) is 4.72. The molecule has 1 amide bonds. The highest BCUT2D eigenvalue weighted by Gasteiger charge is 2.33. The number of hydrogen-bond acceptors (Lipinski definition) is 4. The Hall–Kier alpha value is -3.42. The maximum Gasteiger partial charge on any atom is 0.418 e. The lowest BCUT2D eigenvalue weighted by molar-refractivity contribution is -0.136. The number of nitrogens with one attached hydrogen (secondary N) is 1. The number of fused-ring (bicyclic) bond motifs is 1. The summed E-state index contributed by atoms with van der Waals surface area (Å²) in [6.07, 6.45) is -0.194. The summed E-state index contributed by atoms with van der Waals surface area (Å²) in [6, 6.07) is 12.8. The third kappa shape index (κ3) is 3.91. The normalized spacial score (nSPS) is 13.7. The van der Waals surface area contributed by atoms with Crippen LogP contribution in [0.15, 0.2) is 60.9 Å². The Bertz CT molecular complexity index is 1030. The van der Waals surface area contributed by atoms with E-state index in [4.69, 9.17) is 0 Å². The first-order chi connectivity index (χ1) is 13.9. The summed E-state index contributed by atoms with van der Waals surface area (Å²) in [5.74, 6) is -0.163. The van der Waals surface area contributed by atoms with Crippen molar-refractivity contribution in [2.45, 2.75) is 19.0 Å². The van der Waals surface area contributed by atoms with E-state index in [1.54, 1.807) is 4.90 Å². The van der Waals surface area contributed by atoms with Gasteiger partial charge in [0.05, 0.1) is 23.6 Å². The molecule has 5 nitrogen and oxygen atoms in total. The van der Waals surface area contributed by atoms with Crippen molar-refractivity contribution in [2.75, 3.05) is 16.8 Å². The Morgan fingerprint density at radius 1 is 1.00 bits per heavy atom. The van der Waals surface area contributed by atoms with Crippen LogP contribution in [-0.4, -0.2) is 22.4 Å². The van der Waals surface area contributed by atoms with Gasteiger partial charge in [-0.25, -0.2) is 9.97 Å². The van der Waals surface area contributed by atoms with Crippen LogP contribution in [0.4, 0.5) is 30.4 Å². The number of amides is 1.